The molecule has 2 nitrogen and oxygen atoms in total. The van der Waals surface area contributed by atoms with Gasteiger partial charge in [-0.05, 0) is 86.0 Å². The van der Waals surface area contributed by atoms with Crippen LogP contribution >= 0.6 is 11.8 Å². The second-order valence-electron chi connectivity index (χ2n) is 11.5. The molecule has 0 saturated carbocycles. The van der Waals surface area contributed by atoms with Gasteiger partial charge in [-0.3, -0.25) is 9.97 Å². The van der Waals surface area contributed by atoms with E-state index in [0.29, 0.717) is 0 Å². The first-order valence-electron chi connectivity index (χ1n) is 14.3. The van der Waals surface area contributed by atoms with Gasteiger partial charge in [-0.15, -0.1) is 0 Å². The minimum absolute atomic E-state index is 0.169. The van der Waals surface area contributed by atoms with Gasteiger partial charge in [-0.2, -0.15) is 0 Å². The van der Waals surface area contributed by atoms with Crippen LogP contribution in [0.15, 0.2) is 144 Å². The molecule has 0 radical (unpaired) electrons. The van der Waals surface area contributed by atoms with Crippen molar-refractivity contribution in [2.45, 2.75) is 29.1 Å². The van der Waals surface area contributed by atoms with Crippen molar-refractivity contribution < 1.29 is 0 Å². The van der Waals surface area contributed by atoms with Crippen LogP contribution < -0.4 is 0 Å². The molecule has 0 saturated heterocycles. The maximum absolute atomic E-state index is 4.60. The summed E-state index contributed by atoms with van der Waals surface area (Å²) in [6, 6.07) is 39.5. The Labute approximate surface area is 250 Å². The molecule has 3 heterocycles. The van der Waals surface area contributed by atoms with Crippen molar-refractivity contribution >= 4 is 22.9 Å². The van der Waals surface area contributed by atoms with E-state index in [1.54, 1.807) is 0 Å². The highest BCUT2D eigenvalue weighted by atomic mass is 32.2. The predicted molar refractivity (Wildman–Crippen MR) is 174 cm³/mol. The third-order valence-corrected chi connectivity index (χ3v) is 9.86. The van der Waals surface area contributed by atoms with E-state index < -0.39 is 0 Å². The maximum Gasteiger partial charge on any atom is 0.0355 e. The number of rotatable bonds is 3. The zero-order valence-electron chi connectivity index (χ0n) is 23.5. The molecule has 0 spiro atoms. The molecule has 2 aliphatic rings. The zero-order valence-corrected chi connectivity index (χ0v) is 24.3. The predicted octanol–water partition coefficient (Wildman–Crippen LogP) is 10.2. The van der Waals surface area contributed by atoms with Crippen LogP contribution in [0.25, 0.3) is 44.5 Å². The van der Waals surface area contributed by atoms with E-state index >= 15 is 0 Å². The maximum atomic E-state index is 4.60. The summed E-state index contributed by atoms with van der Waals surface area (Å²) in [6.07, 6.45) is 7.93. The first-order valence-corrected chi connectivity index (χ1v) is 15.1. The van der Waals surface area contributed by atoms with Crippen LogP contribution in [0.3, 0.4) is 0 Å². The summed E-state index contributed by atoms with van der Waals surface area (Å²) in [7, 11) is 0. The Morgan fingerprint density at radius 2 is 1.12 bits per heavy atom. The van der Waals surface area contributed by atoms with Crippen LogP contribution in [0, 0.1) is 0 Å². The average molecular weight is 557 g/mol. The van der Waals surface area contributed by atoms with Gasteiger partial charge in [-0.25, -0.2) is 0 Å². The molecule has 3 heteroatoms. The fourth-order valence-corrected chi connectivity index (χ4v) is 7.88. The number of fused-ring (bicyclic) bond motifs is 6. The summed E-state index contributed by atoms with van der Waals surface area (Å²) in [5.41, 5.74) is 14.7. The third-order valence-electron chi connectivity index (χ3n) is 8.64. The lowest BCUT2D eigenvalue weighted by Crippen LogP contribution is -2.17. The van der Waals surface area contributed by atoms with Crippen molar-refractivity contribution in [3.8, 4) is 33.4 Å². The Morgan fingerprint density at radius 1 is 0.524 bits per heavy atom. The van der Waals surface area contributed by atoms with Crippen LogP contribution in [0.1, 0.15) is 36.1 Å². The van der Waals surface area contributed by atoms with Crippen LogP contribution in [0.4, 0.5) is 0 Å². The molecule has 4 aromatic carbocycles. The van der Waals surface area contributed by atoms with Gasteiger partial charge in [0.2, 0.25) is 0 Å². The van der Waals surface area contributed by atoms with Crippen LogP contribution in [-0.4, -0.2) is 9.97 Å². The average Bonchev–Trinajstić information content (AvgIpc) is 3.17. The Balaban J connectivity index is 1.42. The SMILES string of the molecule is CC1(C)C2=C(c3cnccc31)c1cccc(-c3cc(-c4ccccc4)cc(-c4ccccc4)c3)c1Sc1ccncc12. The Hall–Kier alpha value is -4.73. The summed E-state index contributed by atoms with van der Waals surface area (Å²) in [4.78, 5) is 11.7. The summed E-state index contributed by atoms with van der Waals surface area (Å²) in [6.45, 7) is 4.67. The molecule has 0 fully saturated rings. The highest BCUT2D eigenvalue weighted by molar-refractivity contribution is 7.99. The van der Waals surface area contributed by atoms with Crippen molar-refractivity contribution in [2.75, 3.05) is 0 Å². The molecule has 8 rings (SSSR count). The Morgan fingerprint density at radius 3 is 1.81 bits per heavy atom. The smallest absolute Gasteiger partial charge is 0.0355 e. The molecule has 0 amide bonds. The summed E-state index contributed by atoms with van der Waals surface area (Å²) < 4.78 is 0. The molecule has 0 bridgehead atoms. The van der Waals surface area contributed by atoms with Crippen molar-refractivity contribution in [1.29, 1.82) is 0 Å². The minimum Gasteiger partial charge on any atom is -0.264 e. The molecule has 200 valence electrons. The topological polar surface area (TPSA) is 25.8 Å². The van der Waals surface area contributed by atoms with Gasteiger partial charge in [0.05, 0.1) is 0 Å². The van der Waals surface area contributed by atoms with Crippen LogP contribution in [-0.2, 0) is 5.41 Å². The molecule has 0 atom stereocenters. The minimum atomic E-state index is -0.169. The van der Waals surface area contributed by atoms with Crippen LogP contribution in [0.2, 0.25) is 0 Å². The van der Waals surface area contributed by atoms with Gasteiger partial charge in [-0.1, -0.05) is 104 Å². The van der Waals surface area contributed by atoms with E-state index in [0.717, 1.165) is 0 Å². The normalized spacial score (nSPS) is 14.4. The number of hydrogen-bond donors (Lipinski definition) is 0. The van der Waals surface area contributed by atoms with E-state index in [9.17, 15) is 0 Å². The van der Waals surface area contributed by atoms with Crippen molar-refractivity contribution in [1.82, 2.24) is 9.97 Å². The molecular formula is C39H28N2S. The molecule has 0 N–H and O–H groups in total. The molecule has 42 heavy (non-hydrogen) atoms. The van der Waals surface area contributed by atoms with Gasteiger partial charge in [0, 0.05) is 51.1 Å². The van der Waals surface area contributed by atoms with Gasteiger partial charge in [0.15, 0.2) is 0 Å². The van der Waals surface area contributed by atoms with E-state index in [-0.39, 0.29) is 5.41 Å². The summed E-state index contributed by atoms with van der Waals surface area (Å²) >= 11 is 1.86. The van der Waals surface area contributed by atoms with Crippen molar-refractivity contribution in [3.63, 3.8) is 0 Å². The number of allylic oxidation sites excluding steroid dienone is 1. The number of pyridine rings is 2. The standard InChI is InChI=1S/C39H28N2S/c1-39(2)34-16-18-40-23-32(34)36-31-15-9-14-30(38(31)42-35-17-19-41-24-33(35)37(36)39)29-21-27(25-10-5-3-6-11-25)20-28(22-29)26-12-7-4-8-13-26/h3-24H,1-2H3. The van der Waals surface area contributed by atoms with E-state index in [1.807, 2.05) is 36.5 Å². The fraction of sp³-hybridized carbons (Fsp3) is 0.0769. The van der Waals surface area contributed by atoms with Crippen LogP contribution in [0.5, 0.6) is 0 Å². The lowest BCUT2D eigenvalue weighted by atomic mass is 9.78. The van der Waals surface area contributed by atoms with Gasteiger partial charge >= 0.3 is 0 Å². The first kappa shape index (κ1) is 25.0. The highest BCUT2D eigenvalue weighted by Crippen LogP contribution is 2.59. The molecule has 1 aliphatic carbocycles. The second kappa shape index (κ2) is 9.68. The van der Waals surface area contributed by atoms with Crippen molar-refractivity contribution in [2.24, 2.45) is 0 Å². The Kier molecular flexibility index (Phi) is 5.77. The van der Waals surface area contributed by atoms with Gasteiger partial charge < -0.3 is 0 Å². The quantitative estimate of drug-likeness (QED) is 0.217. The molecule has 0 unspecified atom stereocenters. The van der Waals surface area contributed by atoms with Gasteiger partial charge in [0.25, 0.3) is 0 Å². The summed E-state index contributed by atoms with van der Waals surface area (Å²) in [5, 5.41) is 0. The highest BCUT2D eigenvalue weighted by Gasteiger charge is 2.42. The fourth-order valence-electron chi connectivity index (χ4n) is 6.69. The monoisotopic (exact) mass is 556 g/mol. The molecule has 1 aliphatic heterocycles. The molecular weight excluding hydrogens is 529 g/mol. The first-order chi connectivity index (χ1) is 20.6. The lowest BCUT2D eigenvalue weighted by molar-refractivity contribution is 0.700. The lowest BCUT2D eigenvalue weighted by Gasteiger charge is -2.25. The number of nitrogens with zero attached hydrogens (tertiary/aromatic N) is 2. The zero-order chi connectivity index (χ0) is 28.3. The molecule has 6 aromatic rings. The van der Waals surface area contributed by atoms with Crippen molar-refractivity contribution in [3.05, 3.63) is 156 Å². The van der Waals surface area contributed by atoms with E-state index in [4.69, 9.17) is 0 Å². The largest absolute Gasteiger partial charge is 0.264 e. The second-order valence-corrected chi connectivity index (χ2v) is 12.5. The third kappa shape index (κ3) is 3.88. The summed E-state index contributed by atoms with van der Waals surface area (Å²) in [5.74, 6) is 0. The Bertz CT molecular complexity index is 1970. The number of benzene rings is 4. The number of aromatic nitrogens is 2. The van der Waals surface area contributed by atoms with Gasteiger partial charge in [0.1, 0.15) is 0 Å². The molecule has 2 aromatic heterocycles. The number of hydrogen-bond acceptors (Lipinski definition) is 3. The van der Waals surface area contributed by atoms with E-state index in [2.05, 4.69) is 133 Å². The van der Waals surface area contributed by atoms with E-state index in [1.165, 1.54) is 76.6 Å².